The van der Waals surface area contributed by atoms with Crippen LogP contribution >= 0.6 is 0 Å². The quantitative estimate of drug-likeness (QED) is 0.851. The van der Waals surface area contributed by atoms with Gasteiger partial charge in [-0.15, -0.1) is 0 Å². The molecule has 0 fully saturated rings. The van der Waals surface area contributed by atoms with Crippen molar-refractivity contribution in [1.82, 2.24) is 0 Å². The van der Waals surface area contributed by atoms with E-state index in [0.717, 1.165) is 29.7 Å². The molecule has 0 aliphatic heterocycles. The van der Waals surface area contributed by atoms with Gasteiger partial charge in [0.15, 0.2) is 6.10 Å². The van der Waals surface area contributed by atoms with Gasteiger partial charge in [0.1, 0.15) is 5.75 Å². The first-order valence-electron chi connectivity index (χ1n) is 8.20. The maximum Gasteiger partial charge on any atom is 0.265 e. The summed E-state index contributed by atoms with van der Waals surface area (Å²) in [5.41, 5.74) is 4.36. The van der Waals surface area contributed by atoms with E-state index in [9.17, 15) is 4.79 Å². The van der Waals surface area contributed by atoms with Crippen LogP contribution in [0.4, 0.5) is 5.69 Å². The Morgan fingerprint density at radius 3 is 2.39 bits per heavy atom. The van der Waals surface area contributed by atoms with E-state index < -0.39 is 6.10 Å². The second kappa shape index (κ2) is 7.82. The van der Waals surface area contributed by atoms with Gasteiger partial charge >= 0.3 is 0 Å². The van der Waals surface area contributed by atoms with Gasteiger partial charge in [0.05, 0.1) is 0 Å². The molecule has 0 aliphatic carbocycles. The Labute approximate surface area is 138 Å². The number of carbonyl (C=O) groups is 1. The molecule has 0 saturated heterocycles. The lowest BCUT2D eigenvalue weighted by Gasteiger charge is -2.18. The SMILES string of the molecule is CCc1ccc(O[C@@H](C)C(=O)Nc2c(C)cccc2CC)cc1. The first-order valence-corrected chi connectivity index (χ1v) is 8.20. The number of rotatable bonds is 6. The lowest BCUT2D eigenvalue weighted by molar-refractivity contribution is -0.122. The average Bonchev–Trinajstić information content (AvgIpc) is 2.57. The fourth-order valence-corrected chi connectivity index (χ4v) is 2.49. The summed E-state index contributed by atoms with van der Waals surface area (Å²) in [5.74, 6) is 0.582. The first kappa shape index (κ1) is 17.1. The summed E-state index contributed by atoms with van der Waals surface area (Å²) in [5, 5.41) is 3.01. The van der Waals surface area contributed by atoms with Crippen molar-refractivity contribution in [3.63, 3.8) is 0 Å². The van der Waals surface area contributed by atoms with Crippen LogP contribution in [0.1, 0.15) is 37.5 Å². The molecule has 23 heavy (non-hydrogen) atoms. The van der Waals surface area contributed by atoms with E-state index in [2.05, 4.69) is 19.2 Å². The minimum atomic E-state index is -0.549. The molecule has 1 N–H and O–H groups in total. The minimum absolute atomic E-state index is 0.131. The van der Waals surface area contributed by atoms with Crippen LogP contribution in [0.5, 0.6) is 5.75 Å². The van der Waals surface area contributed by atoms with Crippen molar-refractivity contribution in [1.29, 1.82) is 0 Å². The number of para-hydroxylation sites is 1. The Hall–Kier alpha value is -2.29. The first-order chi connectivity index (χ1) is 11.0. The van der Waals surface area contributed by atoms with Gasteiger partial charge in [-0.25, -0.2) is 0 Å². The van der Waals surface area contributed by atoms with E-state index in [-0.39, 0.29) is 5.91 Å². The molecule has 0 radical (unpaired) electrons. The Morgan fingerprint density at radius 1 is 1.09 bits per heavy atom. The van der Waals surface area contributed by atoms with Gasteiger partial charge in [-0.05, 0) is 55.5 Å². The zero-order valence-electron chi connectivity index (χ0n) is 14.3. The molecule has 3 nitrogen and oxygen atoms in total. The third-order valence-corrected chi connectivity index (χ3v) is 4.00. The summed E-state index contributed by atoms with van der Waals surface area (Å²) in [6.45, 7) is 7.97. The molecule has 0 spiro atoms. The van der Waals surface area contributed by atoms with Crippen molar-refractivity contribution in [2.45, 2.75) is 46.6 Å². The fraction of sp³-hybridized carbons (Fsp3) is 0.350. The third-order valence-electron chi connectivity index (χ3n) is 4.00. The van der Waals surface area contributed by atoms with Crippen LogP contribution in [0, 0.1) is 6.92 Å². The maximum absolute atomic E-state index is 12.4. The summed E-state index contributed by atoms with van der Waals surface area (Å²) >= 11 is 0. The average molecular weight is 311 g/mol. The Bertz CT molecular complexity index is 662. The van der Waals surface area contributed by atoms with Gasteiger partial charge in [-0.2, -0.15) is 0 Å². The minimum Gasteiger partial charge on any atom is -0.481 e. The summed E-state index contributed by atoms with van der Waals surface area (Å²) in [7, 11) is 0. The molecule has 2 aromatic rings. The van der Waals surface area contributed by atoms with E-state index in [1.807, 2.05) is 49.4 Å². The van der Waals surface area contributed by atoms with E-state index in [1.165, 1.54) is 5.56 Å². The number of amides is 1. The van der Waals surface area contributed by atoms with Crippen molar-refractivity contribution in [2.24, 2.45) is 0 Å². The molecule has 0 bridgehead atoms. The molecule has 0 unspecified atom stereocenters. The monoisotopic (exact) mass is 311 g/mol. The highest BCUT2D eigenvalue weighted by Gasteiger charge is 2.17. The maximum atomic E-state index is 12.4. The highest BCUT2D eigenvalue weighted by molar-refractivity contribution is 5.95. The van der Waals surface area contributed by atoms with Gasteiger partial charge in [0, 0.05) is 5.69 Å². The molecule has 2 aromatic carbocycles. The molecule has 1 amide bonds. The predicted molar refractivity (Wildman–Crippen MR) is 95.1 cm³/mol. The smallest absolute Gasteiger partial charge is 0.265 e. The second-order valence-corrected chi connectivity index (χ2v) is 5.71. The van der Waals surface area contributed by atoms with Crippen LogP contribution in [0.3, 0.4) is 0 Å². The largest absolute Gasteiger partial charge is 0.481 e. The highest BCUT2D eigenvalue weighted by Crippen LogP contribution is 2.22. The Morgan fingerprint density at radius 2 is 1.78 bits per heavy atom. The predicted octanol–water partition coefficient (Wildman–Crippen LogP) is 4.53. The standard InChI is InChI=1S/C20H25NO2/c1-5-16-10-12-18(13-11-16)23-15(4)20(22)21-19-14(3)8-7-9-17(19)6-2/h7-13,15H,5-6H2,1-4H3,(H,21,22)/t15-/m0/s1. The van der Waals surface area contributed by atoms with Crippen molar-refractivity contribution in [3.05, 3.63) is 59.2 Å². The number of aryl methyl sites for hydroxylation is 3. The fourth-order valence-electron chi connectivity index (χ4n) is 2.49. The topological polar surface area (TPSA) is 38.3 Å². The Kier molecular flexibility index (Phi) is 5.80. The molecule has 1 atom stereocenters. The van der Waals surface area contributed by atoms with Crippen LogP contribution < -0.4 is 10.1 Å². The van der Waals surface area contributed by atoms with Gasteiger partial charge in [-0.1, -0.05) is 44.2 Å². The Balaban J connectivity index is 2.05. The van der Waals surface area contributed by atoms with Crippen LogP contribution in [0.15, 0.2) is 42.5 Å². The van der Waals surface area contributed by atoms with Crippen molar-refractivity contribution in [2.75, 3.05) is 5.32 Å². The van der Waals surface area contributed by atoms with Crippen LogP contribution in [0.25, 0.3) is 0 Å². The molecule has 0 heterocycles. The van der Waals surface area contributed by atoms with Crippen molar-refractivity contribution < 1.29 is 9.53 Å². The summed E-state index contributed by atoms with van der Waals surface area (Å²) < 4.78 is 5.75. The van der Waals surface area contributed by atoms with Crippen molar-refractivity contribution >= 4 is 11.6 Å². The molecular weight excluding hydrogens is 286 g/mol. The van der Waals surface area contributed by atoms with E-state index in [0.29, 0.717) is 5.75 Å². The summed E-state index contributed by atoms with van der Waals surface area (Å²) in [6.07, 6.45) is 1.32. The molecule has 2 rings (SSSR count). The van der Waals surface area contributed by atoms with Gasteiger partial charge < -0.3 is 10.1 Å². The lowest BCUT2D eigenvalue weighted by atomic mass is 10.1. The van der Waals surface area contributed by atoms with Crippen LogP contribution in [0.2, 0.25) is 0 Å². The number of ether oxygens (including phenoxy) is 1. The van der Waals surface area contributed by atoms with Gasteiger partial charge in [0.2, 0.25) is 0 Å². The molecule has 0 aromatic heterocycles. The normalized spacial score (nSPS) is 11.8. The summed E-state index contributed by atoms with van der Waals surface area (Å²) in [6, 6.07) is 13.9. The van der Waals surface area contributed by atoms with Gasteiger partial charge in [-0.3, -0.25) is 4.79 Å². The molecular formula is C20H25NO2. The molecule has 0 aliphatic rings. The van der Waals surface area contributed by atoms with Crippen LogP contribution in [-0.2, 0) is 17.6 Å². The number of hydrogen-bond acceptors (Lipinski definition) is 2. The number of carbonyl (C=O) groups excluding carboxylic acids is 1. The van der Waals surface area contributed by atoms with E-state index >= 15 is 0 Å². The van der Waals surface area contributed by atoms with E-state index in [4.69, 9.17) is 4.74 Å². The van der Waals surface area contributed by atoms with Crippen LogP contribution in [-0.4, -0.2) is 12.0 Å². The zero-order chi connectivity index (χ0) is 16.8. The van der Waals surface area contributed by atoms with Gasteiger partial charge in [0.25, 0.3) is 5.91 Å². The summed E-state index contributed by atoms with van der Waals surface area (Å²) in [4.78, 5) is 12.4. The zero-order valence-corrected chi connectivity index (χ0v) is 14.3. The second-order valence-electron chi connectivity index (χ2n) is 5.71. The van der Waals surface area contributed by atoms with E-state index in [1.54, 1.807) is 6.92 Å². The molecule has 122 valence electrons. The third kappa shape index (κ3) is 4.35. The number of benzene rings is 2. The molecule has 3 heteroatoms. The number of anilines is 1. The highest BCUT2D eigenvalue weighted by atomic mass is 16.5. The number of hydrogen-bond donors (Lipinski definition) is 1. The van der Waals surface area contributed by atoms with Crippen molar-refractivity contribution in [3.8, 4) is 5.75 Å². The lowest BCUT2D eigenvalue weighted by Crippen LogP contribution is -2.30. The molecule has 0 saturated carbocycles. The number of nitrogens with one attached hydrogen (secondary N) is 1.